The van der Waals surface area contributed by atoms with Gasteiger partial charge in [0, 0.05) is 6.07 Å². The Balaban J connectivity index is 3.12. The Morgan fingerprint density at radius 1 is 1.57 bits per heavy atom. The number of rotatable bonds is 3. The Kier molecular flexibility index (Phi) is 3.03. The molecule has 0 bridgehead atoms. The normalized spacial score (nSPS) is 14.1. The molecule has 0 saturated carbocycles. The van der Waals surface area contributed by atoms with Crippen LogP contribution in [-0.4, -0.2) is 17.1 Å². The molecule has 4 heteroatoms. The van der Waals surface area contributed by atoms with Gasteiger partial charge in [0.05, 0.1) is 24.3 Å². The fourth-order valence-electron chi connectivity index (χ4n) is 1.07. The van der Waals surface area contributed by atoms with E-state index < -0.39 is 5.41 Å². The van der Waals surface area contributed by atoms with Crippen molar-refractivity contribution in [2.75, 3.05) is 7.11 Å². The van der Waals surface area contributed by atoms with Crippen molar-refractivity contribution in [2.24, 2.45) is 0 Å². The molecule has 0 aromatic carbocycles. The van der Waals surface area contributed by atoms with Gasteiger partial charge in [-0.1, -0.05) is 6.92 Å². The SMILES string of the molecule is CCC(C)(C#N)c1cc(OC)ncn1. The fraction of sp³-hybridized carbons (Fsp3) is 0.500. The minimum atomic E-state index is -0.559. The van der Waals surface area contributed by atoms with Gasteiger partial charge in [0.1, 0.15) is 6.33 Å². The Hall–Kier alpha value is -1.63. The molecule has 14 heavy (non-hydrogen) atoms. The van der Waals surface area contributed by atoms with Gasteiger partial charge in [-0.15, -0.1) is 0 Å². The van der Waals surface area contributed by atoms with E-state index in [0.717, 1.165) is 0 Å². The minimum Gasteiger partial charge on any atom is -0.481 e. The lowest BCUT2D eigenvalue weighted by Crippen LogP contribution is -2.20. The van der Waals surface area contributed by atoms with Gasteiger partial charge >= 0.3 is 0 Å². The molecule has 4 nitrogen and oxygen atoms in total. The molecule has 0 aliphatic heterocycles. The van der Waals surface area contributed by atoms with Gasteiger partial charge in [0.2, 0.25) is 5.88 Å². The summed E-state index contributed by atoms with van der Waals surface area (Å²) in [5, 5.41) is 9.05. The molecule has 1 aromatic rings. The van der Waals surface area contributed by atoms with Gasteiger partial charge in [-0.3, -0.25) is 0 Å². The summed E-state index contributed by atoms with van der Waals surface area (Å²) in [6.45, 7) is 3.81. The van der Waals surface area contributed by atoms with Gasteiger partial charge in [0.15, 0.2) is 0 Å². The van der Waals surface area contributed by atoms with Gasteiger partial charge in [-0.2, -0.15) is 5.26 Å². The van der Waals surface area contributed by atoms with Crippen LogP contribution in [0.25, 0.3) is 0 Å². The van der Waals surface area contributed by atoms with Crippen molar-refractivity contribution in [3.63, 3.8) is 0 Å². The van der Waals surface area contributed by atoms with Crippen LogP contribution in [0, 0.1) is 11.3 Å². The molecule has 0 amide bonds. The molecule has 0 N–H and O–H groups in total. The highest BCUT2D eigenvalue weighted by atomic mass is 16.5. The average molecular weight is 191 g/mol. The predicted octanol–water partition coefficient (Wildman–Crippen LogP) is 1.68. The standard InChI is InChI=1S/C10H13N3O/c1-4-10(2,6-11)8-5-9(14-3)13-7-12-8/h5,7H,4H2,1-3H3. The number of nitriles is 1. The van der Waals surface area contributed by atoms with E-state index in [-0.39, 0.29) is 0 Å². The van der Waals surface area contributed by atoms with Crippen molar-refractivity contribution < 1.29 is 4.74 Å². The summed E-state index contributed by atoms with van der Waals surface area (Å²) in [4.78, 5) is 7.98. The van der Waals surface area contributed by atoms with Gasteiger partial charge in [0.25, 0.3) is 0 Å². The lowest BCUT2D eigenvalue weighted by atomic mass is 9.85. The second kappa shape index (κ2) is 4.05. The van der Waals surface area contributed by atoms with E-state index in [1.807, 2.05) is 13.8 Å². The van der Waals surface area contributed by atoms with E-state index in [9.17, 15) is 0 Å². The first-order valence-electron chi connectivity index (χ1n) is 4.44. The maximum atomic E-state index is 9.05. The lowest BCUT2D eigenvalue weighted by molar-refractivity contribution is 0.393. The third kappa shape index (κ3) is 1.82. The van der Waals surface area contributed by atoms with Crippen molar-refractivity contribution in [3.8, 4) is 11.9 Å². The van der Waals surface area contributed by atoms with Gasteiger partial charge < -0.3 is 4.74 Å². The summed E-state index contributed by atoms with van der Waals surface area (Å²) in [6.07, 6.45) is 2.13. The van der Waals surface area contributed by atoms with Crippen LogP contribution in [0.2, 0.25) is 0 Å². The zero-order chi connectivity index (χ0) is 10.6. The largest absolute Gasteiger partial charge is 0.481 e. The number of hydrogen-bond acceptors (Lipinski definition) is 4. The van der Waals surface area contributed by atoms with Crippen LogP contribution in [0.1, 0.15) is 26.0 Å². The van der Waals surface area contributed by atoms with Crippen molar-refractivity contribution >= 4 is 0 Å². The van der Waals surface area contributed by atoms with E-state index in [1.54, 1.807) is 13.2 Å². The Labute approximate surface area is 83.6 Å². The number of ether oxygens (including phenoxy) is 1. The van der Waals surface area contributed by atoms with Crippen molar-refractivity contribution in [3.05, 3.63) is 18.1 Å². The number of nitrogens with zero attached hydrogens (tertiary/aromatic N) is 3. The zero-order valence-corrected chi connectivity index (χ0v) is 8.61. The highest BCUT2D eigenvalue weighted by molar-refractivity contribution is 5.27. The van der Waals surface area contributed by atoms with Crippen molar-refractivity contribution in [2.45, 2.75) is 25.7 Å². The van der Waals surface area contributed by atoms with Crippen LogP contribution in [0.5, 0.6) is 5.88 Å². The van der Waals surface area contributed by atoms with E-state index in [2.05, 4.69) is 16.0 Å². The molecule has 74 valence electrons. The molecule has 0 aliphatic rings. The molecule has 1 unspecified atom stereocenters. The molecule has 0 spiro atoms. The second-order valence-corrected chi connectivity index (χ2v) is 3.24. The molecule has 0 aliphatic carbocycles. The molecule has 1 atom stereocenters. The number of methoxy groups -OCH3 is 1. The minimum absolute atomic E-state index is 0.491. The molecule has 1 heterocycles. The molecule has 0 fully saturated rings. The van der Waals surface area contributed by atoms with Crippen LogP contribution < -0.4 is 4.74 Å². The first kappa shape index (κ1) is 10.5. The van der Waals surface area contributed by atoms with Gasteiger partial charge in [-0.25, -0.2) is 9.97 Å². The van der Waals surface area contributed by atoms with E-state index >= 15 is 0 Å². The first-order chi connectivity index (χ1) is 6.66. The van der Waals surface area contributed by atoms with Crippen LogP contribution >= 0.6 is 0 Å². The second-order valence-electron chi connectivity index (χ2n) is 3.24. The summed E-state index contributed by atoms with van der Waals surface area (Å²) in [7, 11) is 1.54. The predicted molar refractivity (Wildman–Crippen MR) is 51.8 cm³/mol. The smallest absolute Gasteiger partial charge is 0.216 e. The average Bonchev–Trinajstić information content (AvgIpc) is 2.28. The molecular weight excluding hydrogens is 178 g/mol. The summed E-state index contributed by atoms with van der Waals surface area (Å²) in [5.74, 6) is 0.491. The Morgan fingerprint density at radius 2 is 2.29 bits per heavy atom. The molecule has 1 aromatic heterocycles. The molecule has 0 radical (unpaired) electrons. The van der Waals surface area contributed by atoms with Crippen LogP contribution in [0.3, 0.4) is 0 Å². The van der Waals surface area contributed by atoms with Crippen molar-refractivity contribution in [1.29, 1.82) is 5.26 Å². The highest BCUT2D eigenvalue weighted by Crippen LogP contribution is 2.25. The van der Waals surface area contributed by atoms with Gasteiger partial charge in [-0.05, 0) is 13.3 Å². The lowest BCUT2D eigenvalue weighted by Gasteiger charge is -2.18. The molecular formula is C10H13N3O. The highest BCUT2D eigenvalue weighted by Gasteiger charge is 2.26. The molecule has 0 saturated heterocycles. The van der Waals surface area contributed by atoms with E-state index in [0.29, 0.717) is 18.0 Å². The monoisotopic (exact) mass is 191 g/mol. The van der Waals surface area contributed by atoms with E-state index in [1.165, 1.54) is 6.33 Å². The van der Waals surface area contributed by atoms with Crippen LogP contribution in [-0.2, 0) is 5.41 Å². The quantitative estimate of drug-likeness (QED) is 0.729. The van der Waals surface area contributed by atoms with Crippen LogP contribution in [0.15, 0.2) is 12.4 Å². The Bertz CT molecular complexity index is 359. The van der Waals surface area contributed by atoms with E-state index in [4.69, 9.17) is 10.00 Å². The molecule has 1 rings (SSSR count). The summed E-state index contributed by atoms with van der Waals surface area (Å²) in [5.41, 5.74) is 0.144. The fourth-order valence-corrected chi connectivity index (χ4v) is 1.07. The third-order valence-corrected chi connectivity index (χ3v) is 2.37. The summed E-state index contributed by atoms with van der Waals surface area (Å²) >= 11 is 0. The van der Waals surface area contributed by atoms with Crippen LogP contribution in [0.4, 0.5) is 0 Å². The maximum absolute atomic E-state index is 9.05. The Morgan fingerprint density at radius 3 is 2.79 bits per heavy atom. The maximum Gasteiger partial charge on any atom is 0.216 e. The topological polar surface area (TPSA) is 58.8 Å². The summed E-state index contributed by atoms with van der Waals surface area (Å²) in [6, 6.07) is 3.95. The third-order valence-electron chi connectivity index (χ3n) is 2.37. The first-order valence-corrected chi connectivity index (χ1v) is 4.44. The zero-order valence-electron chi connectivity index (χ0n) is 8.61. The summed E-state index contributed by atoms with van der Waals surface area (Å²) < 4.78 is 4.98. The van der Waals surface area contributed by atoms with Crippen molar-refractivity contribution in [1.82, 2.24) is 9.97 Å². The number of hydrogen-bond donors (Lipinski definition) is 0. The number of aromatic nitrogens is 2.